The van der Waals surface area contributed by atoms with E-state index in [4.69, 9.17) is 14.2 Å². The van der Waals surface area contributed by atoms with Gasteiger partial charge in [0.2, 0.25) is 18.0 Å². The van der Waals surface area contributed by atoms with Crippen LogP contribution in [0.15, 0.2) is 46.2 Å². The Kier molecular flexibility index (Phi) is 7.20. The van der Waals surface area contributed by atoms with Gasteiger partial charge in [0.25, 0.3) is 5.91 Å². The number of hydrogen-bond donors (Lipinski definition) is 0. The van der Waals surface area contributed by atoms with Gasteiger partial charge in [-0.15, -0.1) is 11.8 Å². The summed E-state index contributed by atoms with van der Waals surface area (Å²) in [7, 11) is 1.14. The van der Waals surface area contributed by atoms with Crippen LogP contribution in [0.1, 0.15) is 81.9 Å². The van der Waals surface area contributed by atoms with E-state index in [1.54, 1.807) is 15.6 Å². The molecule has 13 heteroatoms. The summed E-state index contributed by atoms with van der Waals surface area (Å²) in [6.07, 6.45) is 4.36. The third-order valence-corrected chi connectivity index (χ3v) is 11.1. The van der Waals surface area contributed by atoms with Gasteiger partial charge >= 0.3 is 6.16 Å². The van der Waals surface area contributed by atoms with E-state index in [1.165, 1.54) is 35.2 Å². The lowest BCUT2D eigenvalue weighted by Crippen LogP contribution is -2.66. The zero-order valence-electron chi connectivity index (χ0n) is 25.0. The molecular formula is C33H31F2N3O7S. The minimum absolute atomic E-state index is 0.0706. The van der Waals surface area contributed by atoms with Gasteiger partial charge in [0, 0.05) is 35.0 Å². The molecule has 3 aromatic rings. The minimum Gasteiger partial charge on any atom is -0.451 e. The van der Waals surface area contributed by atoms with Gasteiger partial charge in [-0.3, -0.25) is 19.3 Å². The number of ether oxygens (including phenoxy) is 4. The highest BCUT2D eigenvalue weighted by atomic mass is 32.2. The largest absolute Gasteiger partial charge is 0.510 e. The standard InChI is InChI=1S/C33H31F2N3O7S/c1-42-33(41)45-16-44-31-25(39)8-9-37-30(31)32(40)36-10-11-43-14-27(36)38(37)29-19-6-7-24(34)28(35)23(19)15-46-26-13-21-18-4-2-17(3-5-18)20(21)12-22(26)29/h6-9,12-13,17-18,27,29H,2-5,10-11,14-16H2,1H3/t17?,18?,27-,29+/m1/s1. The number of carbonyl (C=O) groups is 2. The smallest absolute Gasteiger partial charge is 0.451 e. The SMILES string of the molecule is COC(=O)OCOc1c2n(ccc1=O)N([C@@H]1c3cc4c(cc3SCc3c1ccc(F)c3F)C1CCC4CC1)[C@@H]1COCCN1C2=O. The van der Waals surface area contributed by atoms with Crippen molar-refractivity contribution in [1.29, 1.82) is 0 Å². The van der Waals surface area contributed by atoms with Crippen LogP contribution < -0.4 is 15.2 Å². The number of rotatable bonds is 4. The number of carbonyl (C=O) groups excluding carboxylic acids is 2. The molecular weight excluding hydrogens is 620 g/mol. The molecule has 0 spiro atoms. The van der Waals surface area contributed by atoms with Crippen LogP contribution in [0.4, 0.5) is 13.6 Å². The first-order valence-corrected chi connectivity index (χ1v) is 16.4. The van der Waals surface area contributed by atoms with Gasteiger partial charge in [0.05, 0.1) is 26.4 Å². The van der Waals surface area contributed by atoms with Gasteiger partial charge in [-0.1, -0.05) is 12.1 Å². The molecule has 1 amide bonds. The van der Waals surface area contributed by atoms with E-state index in [-0.39, 0.29) is 42.5 Å². The van der Waals surface area contributed by atoms with E-state index in [1.807, 2.05) is 5.01 Å². The fourth-order valence-electron chi connectivity index (χ4n) is 7.86. The Bertz CT molecular complexity index is 1830. The average Bonchev–Trinajstić information content (AvgIpc) is 3.24. The number of fused-ring (bicyclic) bond motifs is 6. The van der Waals surface area contributed by atoms with Gasteiger partial charge in [0.1, 0.15) is 6.17 Å². The van der Waals surface area contributed by atoms with Crippen LogP contribution in [0.5, 0.6) is 5.75 Å². The zero-order valence-corrected chi connectivity index (χ0v) is 25.8. The topological polar surface area (TPSA) is 99.5 Å². The predicted octanol–water partition coefficient (Wildman–Crippen LogP) is 5.15. The molecule has 0 radical (unpaired) electrons. The fourth-order valence-corrected chi connectivity index (χ4v) is 9.00. The highest BCUT2D eigenvalue weighted by Gasteiger charge is 2.47. The number of hydrogen-bond acceptors (Lipinski definition) is 9. The van der Waals surface area contributed by atoms with Crippen LogP contribution in [-0.4, -0.2) is 61.5 Å². The number of benzene rings is 2. The maximum absolute atomic E-state index is 15.7. The van der Waals surface area contributed by atoms with E-state index in [9.17, 15) is 18.8 Å². The maximum atomic E-state index is 15.7. The quantitative estimate of drug-likeness (QED) is 0.280. The summed E-state index contributed by atoms with van der Waals surface area (Å²) in [5.41, 5.74) is 3.71. The number of nitrogens with zero attached hydrogens (tertiary/aromatic N) is 3. The number of pyridine rings is 1. The second-order valence-corrected chi connectivity index (χ2v) is 13.2. The van der Waals surface area contributed by atoms with Crippen LogP contribution in [0.25, 0.3) is 0 Å². The number of thioether (sulfide) groups is 1. The third-order valence-electron chi connectivity index (χ3n) is 9.98. The van der Waals surface area contributed by atoms with E-state index >= 15 is 4.39 Å². The Morgan fingerprint density at radius 3 is 2.54 bits per heavy atom. The number of halogens is 2. The van der Waals surface area contributed by atoms with E-state index in [0.29, 0.717) is 17.4 Å². The summed E-state index contributed by atoms with van der Waals surface area (Å²) in [5.74, 6) is -1.46. The van der Waals surface area contributed by atoms with Crippen molar-refractivity contribution < 1.29 is 37.3 Å². The first kappa shape index (κ1) is 29.3. The minimum atomic E-state index is -1.01. The lowest BCUT2D eigenvalue weighted by molar-refractivity contribution is -0.0209. The first-order valence-electron chi connectivity index (χ1n) is 15.4. The molecule has 2 aromatic carbocycles. The van der Waals surface area contributed by atoms with Crippen molar-refractivity contribution in [2.75, 3.05) is 38.7 Å². The van der Waals surface area contributed by atoms with Crippen molar-refractivity contribution in [3.8, 4) is 5.75 Å². The fraction of sp³-hybridized carbons (Fsp3) is 0.424. The lowest BCUT2D eigenvalue weighted by Gasteiger charge is -2.51. The monoisotopic (exact) mass is 651 g/mol. The van der Waals surface area contributed by atoms with Crippen molar-refractivity contribution in [2.45, 2.75) is 60.4 Å². The number of methoxy groups -OCH3 is 1. The molecule has 2 fully saturated rings. The van der Waals surface area contributed by atoms with Crippen LogP contribution in [0.2, 0.25) is 0 Å². The molecule has 2 bridgehead atoms. The van der Waals surface area contributed by atoms with Crippen molar-refractivity contribution in [3.05, 3.63) is 91.9 Å². The van der Waals surface area contributed by atoms with Gasteiger partial charge in [-0.25, -0.2) is 13.6 Å². The van der Waals surface area contributed by atoms with Crippen molar-refractivity contribution in [3.63, 3.8) is 0 Å². The molecule has 240 valence electrons. The Morgan fingerprint density at radius 2 is 1.78 bits per heavy atom. The summed E-state index contributed by atoms with van der Waals surface area (Å²) < 4.78 is 52.9. The van der Waals surface area contributed by atoms with E-state index in [2.05, 4.69) is 16.9 Å². The second-order valence-electron chi connectivity index (χ2n) is 12.2. The molecule has 9 rings (SSSR count). The highest BCUT2D eigenvalue weighted by Crippen LogP contribution is 2.53. The van der Waals surface area contributed by atoms with Crippen LogP contribution in [-0.2, 0) is 20.0 Å². The van der Waals surface area contributed by atoms with Gasteiger partial charge in [-0.2, -0.15) is 0 Å². The molecule has 4 heterocycles. The summed E-state index contributed by atoms with van der Waals surface area (Å²) in [6, 6.07) is 7.82. The van der Waals surface area contributed by atoms with Crippen LogP contribution in [0.3, 0.4) is 0 Å². The Balaban J connectivity index is 1.36. The molecule has 1 saturated carbocycles. The van der Waals surface area contributed by atoms with Gasteiger partial charge < -0.3 is 23.8 Å². The second kappa shape index (κ2) is 11.3. The molecule has 2 atom stereocenters. The third kappa shape index (κ3) is 4.49. The molecule has 1 saturated heterocycles. The maximum Gasteiger partial charge on any atom is 0.510 e. The van der Waals surface area contributed by atoms with E-state index in [0.717, 1.165) is 49.3 Å². The normalized spacial score (nSPS) is 24.2. The predicted molar refractivity (Wildman–Crippen MR) is 162 cm³/mol. The molecule has 3 aliphatic heterocycles. The summed E-state index contributed by atoms with van der Waals surface area (Å²) in [6.45, 7) is -0.0107. The molecule has 3 aliphatic carbocycles. The van der Waals surface area contributed by atoms with E-state index < -0.39 is 48.1 Å². The van der Waals surface area contributed by atoms with Crippen molar-refractivity contribution >= 4 is 23.8 Å². The summed E-state index contributed by atoms with van der Waals surface area (Å²) in [4.78, 5) is 41.4. The average molecular weight is 652 g/mol. The number of aromatic nitrogens is 1. The molecule has 0 unspecified atom stereocenters. The van der Waals surface area contributed by atoms with Gasteiger partial charge in [-0.05, 0) is 71.9 Å². The summed E-state index contributed by atoms with van der Waals surface area (Å²) in [5, 5.41) is 1.91. The van der Waals surface area contributed by atoms with Crippen LogP contribution >= 0.6 is 11.8 Å². The Labute approximate surface area is 267 Å². The van der Waals surface area contributed by atoms with Gasteiger partial charge in [0.15, 0.2) is 17.3 Å². The zero-order chi connectivity index (χ0) is 31.7. The molecule has 10 nitrogen and oxygen atoms in total. The molecule has 6 aliphatic rings. The number of amides is 1. The van der Waals surface area contributed by atoms with Crippen LogP contribution in [0, 0.1) is 11.6 Å². The molecule has 0 N–H and O–H groups in total. The first-order chi connectivity index (χ1) is 22.4. The lowest BCUT2D eigenvalue weighted by atomic mass is 9.66. The Morgan fingerprint density at radius 1 is 1.02 bits per heavy atom. The van der Waals surface area contributed by atoms with Crippen molar-refractivity contribution in [1.82, 2.24) is 9.58 Å². The molecule has 46 heavy (non-hydrogen) atoms. The van der Waals surface area contributed by atoms with Crippen molar-refractivity contribution in [2.24, 2.45) is 0 Å². The summed E-state index contributed by atoms with van der Waals surface area (Å²) >= 11 is 1.49. The number of morpholine rings is 1. The molecule has 1 aromatic heterocycles. The highest BCUT2D eigenvalue weighted by molar-refractivity contribution is 7.98. The Hall–Kier alpha value is -4.10.